The monoisotopic (exact) mass is 285 g/mol. The number of hydrogen-bond donors (Lipinski definition) is 1. The normalized spacial score (nSPS) is 11.7. The van der Waals surface area contributed by atoms with Gasteiger partial charge in [0.2, 0.25) is 0 Å². The first-order valence-electron chi connectivity index (χ1n) is 6.73. The van der Waals surface area contributed by atoms with Crippen LogP contribution < -0.4 is 4.74 Å². The van der Waals surface area contributed by atoms with Crippen molar-refractivity contribution in [3.05, 3.63) is 65.0 Å². The fourth-order valence-electron chi connectivity index (χ4n) is 1.96. The topological polar surface area (TPSA) is 53.2 Å². The highest BCUT2D eigenvalue weighted by Crippen LogP contribution is 2.21. The van der Waals surface area contributed by atoms with Crippen LogP contribution in [0.4, 0.5) is 4.39 Å². The first-order valence-corrected chi connectivity index (χ1v) is 6.73. The molecular weight excluding hydrogens is 269 g/mol. The molecule has 0 bridgehead atoms. The van der Waals surface area contributed by atoms with Gasteiger partial charge in [0, 0.05) is 5.56 Å². The predicted octanol–water partition coefficient (Wildman–Crippen LogP) is 3.72. The maximum atomic E-state index is 13.0. The lowest BCUT2D eigenvalue weighted by molar-refractivity contribution is 0.173. The summed E-state index contributed by atoms with van der Waals surface area (Å²) in [6.45, 7) is 2.10. The largest absolute Gasteiger partial charge is 0.489 e. The lowest BCUT2D eigenvalue weighted by atomic mass is 10.1. The molecule has 0 radical (unpaired) electrons. The first-order chi connectivity index (χ1) is 10.1. The highest BCUT2D eigenvalue weighted by atomic mass is 19.1. The van der Waals surface area contributed by atoms with Gasteiger partial charge in [-0.3, -0.25) is 0 Å². The molecule has 0 fully saturated rings. The van der Waals surface area contributed by atoms with E-state index in [0.717, 1.165) is 5.56 Å². The molecule has 2 rings (SSSR count). The number of nitriles is 1. The van der Waals surface area contributed by atoms with Crippen LogP contribution in [0.3, 0.4) is 0 Å². The third-order valence-electron chi connectivity index (χ3n) is 3.24. The Hall–Kier alpha value is -2.38. The van der Waals surface area contributed by atoms with Crippen LogP contribution in [0.2, 0.25) is 0 Å². The van der Waals surface area contributed by atoms with Gasteiger partial charge in [-0.25, -0.2) is 4.39 Å². The molecule has 0 aliphatic carbocycles. The van der Waals surface area contributed by atoms with Crippen molar-refractivity contribution in [3.8, 4) is 11.8 Å². The summed E-state index contributed by atoms with van der Waals surface area (Å²) in [6, 6.07) is 13.1. The van der Waals surface area contributed by atoms with E-state index in [1.54, 1.807) is 30.3 Å². The van der Waals surface area contributed by atoms with E-state index in [1.165, 1.54) is 12.1 Å². The second-order valence-corrected chi connectivity index (χ2v) is 4.70. The molecule has 1 unspecified atom stereocenters. The molecule has 0 heterocycles. The number of ether oxygens (including phenoxy) is 1. The predicted molar refractivity (Wildman–Crippen MR) is 77.1 cm³/mol. The summed E-state index contributed by atoms with van der Waals surface area (Å²) >= 11 is 0. The van der Waals surface area contributed by atoms with Crippen molar-refractivity contribution in [1.82, 2.24) is 0 Å². The third-order valence-corrected chi connectivity index (χ3v) is 3.24. The van der Waals surface area contributed by atoms with Crippen molar-refractivity contribution < 1.29 is 14.2 Å². The third kappa shape index (κ3) is 3.80. The number of hydrogen-bond acceptors (Lipinski definition) is 3. The fourth-order valence-corrected chi connectivity index (χ4v) is 1.96. The van der Waals surface area contributed by atoms with E-state index in [4.69, 9.17) is 10.00 Å². The Kier molecular flexibility index (Phi) is 4.91. The molecule has 2 aromatic carbocycles. The molecule has 0 saturated heterocycles. The number of nitrogens with zero attached hydrogens (tertiary/aromatic N) is 1. The van der Waals surface area contributed by atoms with Gasteiger partial charge in [0.25, 0.3) is 0 Å². The molecule has 1 atom stereocenters. The Labute approximate surface area is 123 Å². The van der Waals surface area contributed by atoms with Gasteiger partial charge >= 0.3 is 0 Å². The molecule has 0 aromatic heterocycles. The zero-order chi connectivity index (χ0) is 15.2. The van der Waals surface area contributed by atoms with E-state index < -0.39 is 11.9 Å². The van der Waals surface area contributed by atoms with Crippen molar-refractivity contribution in [3.63, 3.8) is 0 Å². The Bertz CT molecular complexity index is 647. The molecule has 21 heavy (non-hydrogen) atoms. The summed E-state index contributed by atoms with van der Waals surface area (Å²) in [5, 5.41) is 18.7. The molecule has 1 N–H and O–H groups in total. The van der Waals surface area contributed by atoms with Gasteiger partial charge in [-0.15, -0.1) is 0 Å². The molecule has 0 saturated carbocycles. The van der Waals surface area contributed by atoms with Crippen LogP contribution >= 0.6 is 0 Å². The summed E-state index contributed by atoms with van der Waals surface area (Å²) in [6.07, 6.45) is 0.183. The minimum atomic E-state index is -0.471. The van der Waals surface area contributed by atoms with Crippen LogP contribution in [0, 0.1) is 17.1 Å². The van der Waals surface area contributed by atoms with Crippen LogP contribution in [0.5, 0.6) is 5.75 Å². The van der Waals surface area contributed by atoms with Crippen molar-refractivity contribution in [2.45, 2.75) is 26.1 Å². The number of aliphatic hydroxyl groups excluding tert-OH is 1. The average Bonchev–Trinajstić information content (AvgIpc) is 2.53. The van der Waals surface area contributed by atoms with Gasteiger partial charge in [0.1, 0.15) is 18.2 Å². The minimum absolute atomic E-state index is 0.193. The molecular formula is C17H16FNO2. The Morgan fingerprint density at radius 1 is 1.24 bits per heavy atom. The van der Waals surface area contributed by atoms with Crippen LogP contribution in [0.25, 0.3) is 0 Å². The van der Waals surface area contributed by atoms with Gasteiger partial charge < -0.3 is 9.84 Å². The van der Waals surface area contributed by atoms with Crippen LogP contribution in [0.1, 0.15) is 36.1 Å². The first kappa shape index (κ1) is 15.0. The zero-order valence-corrected chi connectivity index (χ0v) is 11.7. The van der Waals surface area contributed by atoms with E-state index in [2.05, 4.69) is 0 Å². The van der Waals surface area contributed by atoms with Gasteiger partial charge in [-0.1, -0.05) is 25.1 Å². The van der Waals surface area contributed by atoms with Crippen molar-refractivity contribution in [1.29, 1.82) is 5.26 Å². The SMILES string of the molecule is CCC(O)c1ccc(OCc2ccc(F)cc2C#N)cc1. The van der Waals surface area contributed by atoms with Crippen LogP contribution in [-0.4, -0.2) is 5.11 Å². The fraction of sp³-hybridized carbons (Fsp3) is 0.235. The highest BCUT2D eigenvalue weighted by molar-refractivity contribution is 5.38. The molecule has 2 aromatic rings. The molecule has 0 spiro atoms. The van der Waals surface area contributed by atoms with Gasteiger partial charge in [-0.05, 0) is 36.2 Å². The van der Waals surface area contributed by atoms with E-state index in [0.29, 0.717) is 17.7 Å². The van der Waals surface area contributed by atoms with Gasteiger partial charge in [0.05, 0.1) is 17.7 Å². The van der Waals surface area contributed by atoms with Gasteiger partial charge in [0.15, 0.2) is 0 Å². The standard InChI is InChI=1S/C17H16FNO2/c1-2-17(20)12-4-7-16(8-5-12)21-11-13-3-6-15(18)9-14(13)10-19/h3-9,17,20H,2,11H2,1H3. The molecule has 4 heteroatoms. The summed E-state index contributed by atoms with van der Waals surface area (Å²) in [7, 11) is 0. The maximum absolute atomic E-state index is 13.0. The molecule has 3 nitrogen and oxygen atoms in total. The summed E-state index contributed by atoms with van der Waals surface area (Å²) in [5.74, 6) is 0.198. The second-order valence-electron chi connectivity index (χ2n) is 4.70. The molecule has 0 aliphatic heterocycles. The van der Waals surface area contributed by atoms with Crippen molar-refractivity contribution in [2.75, 3.05) is 0 Å². The van der Waals surface area contributed by atoms with E-state index in [-0.39, 0.29) is 12.2 Å². The number of rotatable bonds is 5. The maximum Gasteiger partial charge on any atom is 0.124 e. The van der Waals surface area contributed by atoms with Crippen LogP contribution in [-0.2, 0) is 6.61 Å². The number of benzene rings is 2. The quantitative estimate of drug-likeness (QED) is 0.911. The van der Waals surface area contributed by atoms with E-state index in [1.807, 2.05) is 13.0 Å². The number of aliphatic hydroxyl groups is 1. The molecule has 0 amide bonds. The van der Waals surface area contributed by atoms with E-state index in [9.17, 15) is 9.50 Å². The lowest BCUT2D eigenvalue weighted by Gasteiger charge is -2.11. The average molecular weight is 285 g/mol. The van der Waals surface area contributed by atoms with Crippen molar-refractivity contribution >= 4 is 0 Å². The Balaban J connectivity index is 2.05. The van der Waals surface area contributed by atoms with E-state index >= 15 is 0 Å². The van der Waals surface area contributed by atoms with Crippen LogP contribution in [0.15, 0.2) is 42.5 Å². The Morgan fingerprint density at radius 2 is 1.95 bits per heavy atom. The zero-order valence-electron chi connectivity index (χ0n) is 11.7. The smallest absolute Gasteiger partial charge is 0.124 e. The Morgan fingerprint density at radius 3 is 2.57 bits per heavy atom. The van der Waals surface area contributed by atoms with Crippen molar-refractivity contribution in [2.24, 2.45) is 0 Å². The number of halogens is 1. The highest BCUT2D eigenvalue weighted by Gasteiger charge is 2.06. The second kappa shape index (κ2) is 6.87. The van der Waals surface area contributed by atoms with Gasteiger partial charge in [-0.2, -0.15) is 5.26 Å². The molecule has 108 valence electrons. The summed E-state index contributed by atoms with van der Waals surface area (Å²) < 4.78 is 18.6. The summed E-state index contributed by atoms with van der Waals surface area (Å²) in [5.41, 5.74) is 1.74. The lowest BCUT2D eigenvalue weighted by Crippen LogP contribution is -2.00. The minimum Gasteiger partial charge on any atom is -0.489 e. The molecule has 0 aliphatic rings. The summed E-state index contributed by atoms with van der Waals surface area (Å²) in [4.78, 5) is 0.